The number of carbonyl (C=O) groups excluding carboxylic acids is 1. The van der Waals surface area contributed by atoms with Crippen molar-refractivity contribution in [1.82, 2.24) is 5.32 Å². The summed E-state index contributed by atoms with van der Waals surface area (Å²) in [6.45, 7) is 0.497. The van der Waals surface area contributed by atoms with E-state index in [0.717, 1.165) is 0 Å². The number of ether oxygens (including phenoxy) is 1. The molecule has 1 fully saturated rings. The van der Waals surface area contributed by atoms with Crippen LogP contribution in [0.15, 0.2) is 18.2 Å². The van der Waals surface area contributed by atoms with E-state index in [1.54, 1.807) is 0 Å². The Hall–Kier alpha value is -1.34. The highest BCUT2D eigenvalue weighted by atomic mass is 35.5. The van der Waals surface area contributed by atoms with Crippen LogP contribution in [-0.2, 0) is 14.6 Å². The second-order valence-corrected chi connectivity index (χ2v) is 7.88. The molecule has 1 aliphatic rings. The standard InChI is InChI=1S/C14H17ClFNO4S/c15-12-7-11(1-2-13(12)16)21-5-3-14(18)17-8-10-4-6-22(19,20)9-10/h1-2,7,10H,3-6,8-9H2,(H,17,18). The van der Waals surface area contributed by atoms with Crippen LogP contribution in [0, 0.1) is 11.7 Å². The van der Waals surface area contributed by atoms with Gasteiger partial charge in [-0.15, -0.1) is 0 Å². The molecule has 0 aromatic heterocycles. The van der Waals surface area contributed by atoms with Crippen molar-refractivity contribution in [3.8, 4) is 5.75 Å². The quantitative estimate of drug-likeness (QED) is 0.850. The van der Waals surface area contributed by atoms with Crippen LogP contribution in [0.25, 0.3) is 0 Å². The molecule has 1 N–H and O–H groups in total. The lowest BCUT2D eigenvalue weighted by atomic mass is 10.1. The Labute approximate surface area is 133 Å². The van der Waals surface area contributed by atoms with Crippen LogP contribution in [0.5, 0.6) is 5.75 Å². The smallest absolute Gasteiger partial charge is 0.223 e. The van der Waals surface area contributed by atoms with Gasteiger partial charge in [-0.05, 0) is 24.5 Å². The third-order valence-electron chi connectivity index (χ3n) is 3.40. The fourth-order valence-electron chi connectivity index (χ4n) is 2.21. The van der Waals surface area contributed by atoms with E-state index < -0.39 is 15.7 Å². The van der Waals surface area contributed by atoms with Crippen LogP contribution in [-0.4, -0.2) is 39.0 Å². The van der Waals surface area contributed by atoms with Crippen LogP contribution in [0.1, 0.15) is 12.8 Å². The van der Waals surface area contributed by atoms with E-state index >= 15 is 0 Å². The average molecular weight is 350 g/mol. The summed E-state index contributed by atoms with van der Waals surface area (Å²) in [5.41, 5.74) is 0. The summed E-state index contributed by atoms with van der Waals surface area (Å²) in [5, 5.41) is 2.66. The van der Waals surface area contributed by atoms with Crippen molar-refractivity contribution < 1.29 is 22.3 Å². The number of amides is 1. The maximum atomic E-state index is 13.0. The lowest BCUT2D eigenvalue weighted by molar-refractivity contribution is -0.121. The molecule has 0 saturated carbocycles. The third-order valence-corrected chi connectivity index (χ3v) is 5.53. The fourth-order valence-corrected chi connectivity index (χ4v) is 4.24. The first-order valence-corrected chi connectivity index (χ1v) is 9.10. The van der Waals surface area contributed by atoms with E-state index in [1.807, 2.05) is 0 Å². The summed E-state index contributed by atoms with van der Waals surface area (Å²) in [6.07, 6.45) is 0.724. The Morgan fingerprint density at radius 3 is 2.86 bits per heavy atom. The van der Waals surface area contributed by atoms with Crippen LogP contribution in [0.3, 0.4) is 0 Å². The number of hydrogen-bond acceptors (Lipinski definition) is 4. The molecule has 5 nitrogen and oxygen atoms in total. The molecule has 0 bridgehead atoms. The van der Waals surface area contributed by atoms with Crippen molar-refractivity contribution in [1.29, 1.82) is 0 Å². The summed E-state index contributed by atoms with van der Waals surface area (Å²) < 4.78 is 40.9. The molecule has 1 saturated heterocycles. The van der Waals surface area contributed by atoms with Crippen LogP contribution < -0.4 is 10.1 Å². The first-order valence-electron chi connectivity index (χ1n) is 6.91. The molecule has 1 heterocycles. The van der Waals surface area contributed by atoms with Gasteiger partial charge in [0.2, 0.25) is 5.91 Å². The summed E-state index contributed by atoms with van der Waals surface area (Å²) in [4.78, 5) is 11.6. The maximum absolute atomic E-state index is 13.0. The van der Waals surface area contributed by atoms with Gasteiger partial charge in [-0.2, -0.15) is 0 Å². The predicted molar refractivity (Wildman–Crippen MR) is 81.3 cm³/mol. The Kier molecular flexibility index (Phi) is 5.63. The summed E-state index contributed by atoms with van der Waals surface area (Å²) in [7, 11) is -2.92. The number of benzene rings is 1. The molecular formula is C14H17ClFNO4S. The molecule has 22 heavy (non-hydrogen) atoms. The van der Waals surface area contributed by atoms with Gasteiger partial charge in [0.05, 0.1) is 29.6 Å². The van der Waals surface area contributed by atoms with Gasteiger partial charge in [-0.1, -0.05) is 11.6 Å². The first kappa shape index (κ1) is 17.0. The highest BCUT2D eigenvalue weighted by Gasteiger charge is 2.27. The lowest BCUT2D eigenvalue weighted by Gasteiger charge is -2.10. The van der Waals surface area contributed by atoms with Crippen molar-refractivity contribution in [2.24, 2.45) is 5.92 Å². The Morgan fingerprint density at radius 2 is 2.23 bits per heavy atom. The third kappa shape index (κ3) is 5.14. The van der Waals surface area contributed by atoms with E-state index in [-0.39, 0.29) is 41.4 Å². The maximum Gasteiger partial charge on any atom is 0.223 e. The molecule has 122 valence electrons. The largest absolute Gasteiger partial charge is 0.493 e. The zero-order chi connectivity index (χ0) is 16.2. The van der Waals surface area contributed by atoms with E-state index in [1.165, 1.54) is 18.2 Å². The van der Waals surface area contributed by atoms with E-state index in [9.17, 15) is 17.6 Å². The predicted octanol–water partition coefficient (Wildman–Crippen LogP) is 1.80. The SMILES string of the molecule is O=C(CCOc1ccc(F)c(Cl)c1)NCC1CCS(=O)(=O)C1. The van der Waals surface area contributed by atoms with Crippen LogP contribution in [0.4, 0.5) is 4.39 Å². The molecule has 0 radical (unpaired) electrons. The molecule has 0 spiro atoms. The molecule has 1 amide bonds. The van der Waals surface area contributed by atoms with Crippen molar-refractivity contribution in [3.63, 3.8) is 0 Å². The van der Waals surface area contributed by atoms with Gasteiger partial charge in [-0.3, -0.25) is 4.79 Å². The van der Waals surface area contributed by atoms with Crippen molar-refractivity contribution >= 4 is 27.3 Å². The Balaban J connectivity index is 1.66. The van der Waals surface area contributed by atoms with Crippen LogP contribution >= 0.6 is 11.6 Å². The first-order chi connectivity index (χ1) is 10.4. The second-order valence-electron chi connectivity index (χ2n) is 5.25. The van der Waals surface area contributed by atoms with Gasteiger partial charge in [0, 0.05) is 12.6 Å². The number of hydrogen-bond donors (Lipinski definition) is 1. The van der Waals surface area contributed by atoms with E-state index in [0.29, 0.717) is 18.7 Å². The fraction of sp³-hybridized carbons (Fsp3) is 0.500. The van der Waals surface area contributed by atoms with Crippen molar-refractivity contribution in [2.45, 2.75) is 12.8 Å². The minimum absolute atomic E-state index is 0.00854. The van der Waals surface area contributed by atoms with Gasteiger partial charge in [0.1, 0.15) is 11.6 Å². The molecule has 2 rings (SSSR count). The highest BCUT2D eigenvalue weighted by Crippen LogP contribution is 2.21. The molecule has 8 heteroatoms. The molecular weight excluding hydrogens is 333 g/mol. The number of rotatable bonds is 6. The van der Waals surface area contributed by atoms with Crippen LogP contribution in [0.2, 0.25) is 5.02 Å². The summed E-state index contributed by atoms with van der Waals surface area (Å²) in [5.74, 6) is -0.0255. The molecule has 1 aromatic rings. The molecule has 1 atom stereocenters. The van der Waals surface area contributed by atoms with Gasteiger partial charge >= 0.3 is 0 Å². The topological polar surface area (TPSA) is 72.5 Å². The van der Waals surface area contributed by atoms with Gasteiger partial charge in [-0.25, -0.2) is 12.8 Å². The lowest BCUT2D eigenvalue weighted by Crippen LogP contribution is -2.30. The second kappa shape index (κ2) is 7.28. The van der Waals surface area contributed by atoms with Crippen molar-refractivity contribution in [3.05, 3.63) is 29.0 Å². The van der Waals surface area contributed by atoms with Gasteiger partial charge in [0.25, 0.3) is 0 Å². The minimum Gasteiger partial charge on any atom is -0.493 e. The van der Waals surface area contributed by atoms with Crippen molar-refractivity contribution in [2.75, 3.05) is 24.7 Å². The normalized spacial score (nSPS) is 19.8. The summed E-state index contributed by atoms with van der Waals surface area (Å²) in [6, 6.07) is 3.97. The molecule has 0 aliphatic carbocycles. The monoisotopic (exact) mass is 349 g/mol. The minimum atomic E-state index is -2.92. The average Bonchev–Trinajstić information content (AvgIpc) is 2.80. The molecule has 1 unspecified atom stereocenters. The zero-order valence-electron chi connectivity index (χ0n) is 11.8. The van der Waals surface area contributed by atoms with E-state index in [4.69, 9.17) is 16.3 Å². The Bertz CT molecular complexity index is 650. The highest BCUT2D eigenvalue weighted by molar-refractivity contribution is 7.91. The van der Waals surface area contributed by atoms with Gasteiger partial charge < -0.3 is 10.1 Å². The number of halogens is 2. The zero-order valence-corrected chi connectivity index (χ0v) is 13.4. The Morgan fingerprint density at radius 1 is 1.45 bits per heavy atom. The number of sulfone groups is 1. The number of nitrogens with one attached hydrogen (secondary N) is 1. The molecule has 1 aromatic carbocycles. The number of carbonyl (C=O) groups is 1. The molecule has 1 aliphatic heterocycles. The van der Waals surface area contributed by atoms with Gasteiger partial charge in [0.15, 0.2) is 9.84 Å². The van der Waals surface area contributed by atoms with E-state index in [2.05, 4.69) is 5.32 Å². The summed E-state index contributed by atoms with van der Waals surface area (Å²) >= 11 is 5.62.